The van der Waals surface area contributed by atoms with Crippen molar-refractivity contribution in [1.82, 2.24) is 4.98 Å². The third-order valence-corrected chi connectivity index (χ3v) is 2.45. The van der Waals surface area contributed by atoms with Crippen molar-refractivity contribution in [3.05, 3.63) is 35.8 Å². The Morgan fingerprint density at radius 2 is 2.00 bits per heavy atom. The van der Waals surface area contributed by atoms with Gasteiger partial charge in [-0.25, -0.2) is 4.98 Å². The van der Waals surface area contributed by atoms with Crippen molar-refractivity contribution in [3.63, 3.8) is 0 Å². The zero-order chi connectivity index (χ0) is 11.4. The fourth-order valence-electron chi connectivity index (χ4n) is 1.13. The van der Waals surface area contributed by atoms with Gasteiger partial charge in [-0.3, -0.25) is 0 Å². The quantitative estimate of drug-likeness (QED) is 0.891. The van der Waals surface area contributed by atoms with Crippen LogP contribution in [0.5, 0.6) is 5.75 Å². The summed E-state index contributed by atoms with van der Waals surface area (Å²) < 4.78 is 28.0. The second kappa shape index (κ2) is 4.89. The van der Waals surface area contributed by atoms with Crippen molar-refractivity contribution in [2.45, 2.75) is 6.61 Å². The lowest BCUT2D eigenvalue weighted by atomic mass is 10.3. The average molecular weight is 242 g/mol. The molecule has 1 heterocycles. The number of nitrogens with one attached hydrogen (secondary N) is 1. The van der Waals surface area contributed by atoms with Crippen LogP contribution in [0.25, 0.3) is 0 Å². The predicted molar refractivity (Wildman–Crippen MR) is 58.5 cm³/mol. The summed E-state index contributed by atoms with van der Waals surface area (Å²) in [7, 11) is 0. The number of hydrogen-bond donors (Lipinski definition) is 1. The molecule has 0 saturated carbocycles. The zero-order valence-corrected chi connectivity index (χ0v) is 8.88. The van der Waals surface area contributed by atoms with E-state index in [2.05, 4.69) is 15.0 Å². The third-order valence-electron chi connectivity index (χ3n) is 1.76. The summed E-state index contributed by atoms with van der Waals surface area (Å²) in [6.45, 7) is -2.79. The summed E-state index contributed by atoms with van der Waals surface area (Å²) in [5.41, 5.74) is 0.775. The van der Waals surface area contributed by atoms with Crippen LogP contribution in [0.15, 0.2) is 35.8 Å². The van der Waals surface area contributed by atoms with E-state index in [0.29, 0.717) is 0 Å². The Hall–Kier alpha value is -1.69. The first-order valence-electron chi connectivity index (χ1n) is 4.45. The van der Waals surface area contributed by atoms with Crippen LogP contribution in [-0.4, -0.2) is 11.6 Å². The highest BCUT2D eigenvalue weighted by Gasteiger charge is 2.03. The van der Waals surface area contributed by atoms with Gasteiger partial charge in [-0.2, -0.15) is 8.78 Å². The molecule has 6 heteroatoms. The number of hydrogen-bond acceptors (Lipinski definition) is 4. The standard InChI is InChI=1S/C10H8F2N2OS/c11-9(12)15-8-3-1-7(2-4-8)14-10-13-5-6-16-10/h1-6,9H,(H,13,14). The molecule has 0 spiro atoms. The highest BCUT2D eigenvalue weighted by molar-refractivity contribution is 7.13. The Morgan fingerprint density at radius 3 is 2.56 bits per heavy atom. The van der Waals surface area contributed by atoms with E-state index in [9.17, 15) is 8.78 Å². The number of aromatic nitrogens is 1. The summed E-state index contributed by atoms with van der Waals surface area (Å²) in [5.74, 6) is 0.139. The van der Waals surface area contributed by atoms with Gasteiger partial charge in [0, 0.05) is 17.3 Å². The monoisotopic (exact) mass is 242 g/mol. The first kappa shape index (κ1) is 10.8. The molecule has 0 atom stereocenters. The minimum absolute atomic E-state index is 0.139. The zero-order valence-electron chi connectivity index (χ0n) is 8.06. The summed E-state index contributed by atoms with van der Waals surface area (Å²) >= 11 is 1.46. The van der Waals surface area contributed by atoms with Crippen molar-refractivity contribution in [3.8, 4) is 5.75 Å². The summed E-state index contributed by atoms with van der Waals surface area (Å²) in [6.07, 6.45) is 1.68. The lowest BCUT2D eigenvalue weighted by Crippen LogP contribution is -2.01. The molecule has 0 radical (unpaired) electrons. The Balaban J connectivity index is 2.02. The smallest absolute Gasteiger partial charge is 0.387 e. The maximum Gasteiger partial charge on any atom is 0.387 e. The molecule has 0 bridgehead atoms. The molecular formula is C10H8F2N2OS. The van der Waals surface area contributed by atoms with E-state index in [4.69, 9.17) is 0 Å². The number of anilines is 2. The number of thiazole rings is 1. The Labute approximate surface area is 94.7 Å². The molecule has 0 aliphatic heterocycles. The van der Waals surface area contributed by atoms with Crippen molar-refractivity contribution >= 4 is 22.2 Å². The van der Waals surface area contributed by atoms with E-state index in [1.165, 1.54) is 23.5 Å². The Bertz CT molecular complexity index is 431. The molecular weight excluding hydrogens is 234 g/mol. The number of ether oxygens (including phenoxy) is 1. The van der Waals surface area contributed by atoms with Gasteiger partial charge in [-0.15, -0.1) is 11.3 Å². The fourth-order valence-corrected chi connectivity index (χ4v) is 1.68. The van der Waals surface area contributed by atoms with Gasteiger partial charge in [0.25, 0.3) is 0 Å². The van der Waals surface area contributed by atoms with Gasteiger partial charge in [-0.05, 0) is 24.3 Å². The van der Waals surface area contributed by atoms with Crippen LogP contribution in [0, 0.1) is 0 Å². The van der Waals surface area contributed by atoms with Gasteiger partial charge in [0.15, 0.2) is 5.13 Å². The van der Waals surface area contributed by atoms with E-state index in [-0.39, 0.29) is 5.75 Å². The van der Waals surface area contributed by atoms with Gasteiger partial charge in [-0.1, -0.05) is 0 Å². The maximum atomic E-state index is 11.9. The van der Waals surface area contributed by atoms with Crippen LogP contribution in [0.3, 0.4) is 0 Å². The SMILES string of the molecule is FC(F)Oc1ccc(Nc2nccs2)cc1. The highest BCUT2D eigenvalue weighted by Crippen LogP contribution is 2.22. The largest absolute Gasteiger partial charge is 0.435 e. The van der Waals surface area contributed by atoms with Crippen molar-refractivity contribution in [1.29, 1.82) is 0 Å². The second-order valence-corrected chi connectivity index (χ2v) is 3.76. The van der Waals surface area contributed by atoms with Crippen LogP contribution in [-0.2, 0) is 0 Å². The fraction of sp³-hybridized carbons (Fsp3) is 0.100. The second-order valence-electron chi connectivity index (χ2n) is 2.87. The molecule has 0 aliphatic rings. The van der Waals surface area contributed by atoms with Gasteiger partial charge in [0.05, 0.1) is 0 Å². The highest BCUT2D eigenvalue weighted by atomic mass is 32.1. The number of rotatable bonds is 4. The van der Waals surface area contributed by atoms with Crippen molar-refractivity contribution < 1.29 is 13.5 Å². The summed E-state index contributed by atoms with van der Waals surface area (Å²) in [4.78, 5) is 4.04. The van der Waals surface area contributed by atoms with E-state index in [0.717, 1.165) is 10.8 Å². The molecule has 0 amide bonds. The van der Waals surface area contributed by atoms with E-state index < -0.39 is 6.61 Å². The van der Waals surface area contributed by atoms with Crippen molar-refractivity contribution in [2.75, 3.05) is 5.32 Å². The van der Waals surface area contributed by atoms with Crippen molar-refractivity contribution in [2.24, 2.45) is 0 Å². The Morgan fingerprint density at radius 1 is 1.25 bits per heavy atom. The summed E-state index contributed by atoms with van der Waals surface area (Å²) in [6, 6.07) is 6.25. The Kier molecular flexibility index (Phi) is 3.31. The molecule has 1 aromatic carbocycles. The van der Waals surface area contributed by atoms with Gasteiger partial charge in [0.2, 0.25) is 0 Å². The summed E-state index contributed by atoms with van der Waals surface area (Å²) in [5, 5.41) is 5.62. The van der Waals surface area contributed by atoms with Gasteiger partial charge < -0.3 is 10.1 Å². The molecule has 84 valence electrons. The average Bonchev–Trinajstić information content (AvgIpc) is 2.73. The lowest BCUT2D eigenvalue weighted by Gasteiger charge is -2.06. The van der Waals surface area contributed by atoms with Crippen LogP contribution in [0.4, 0.5) is 19.6 Å². The maximum absolute atomic E-state index is 11.9. The number of nitrogens with zero attached hydrogens (tertiary/aromatic N) is 1. The number of benzene rings is 1. The van der Waals surface area contributed by atoms with Crippen LogP contribution in [0.1, 0.15) is 0 Å². The van der Waals surface area contributed by atoms with Crippen LogP contribution >= 0.6 is 11.3 Å². The molecule has 2 rings (SSSR count). The molecule has 0 saturated heterocycles. The molecule has 0 unspecified atom stereocenters. The van der Waals surface area contributed by atoms with Crippen LogP contribution in [0.2, 0.25) is 0 Å². The normalized spacial score (nSPS) is 10.4. The lowest BCUT2D eigenvalue weighted by molar-refractivity contribution is -0.0498. The number of alkyl halides is 2. The van der Waals surface area contributed by atoms with E-state index in [1.54, 1.807) is 18.3 Å². The van der Waals surface area contributed by atoms with Gasteiger partial charge in [0.1, 0.15) is 5.75 Å². The molecule has 1 aromatic heterocycles. The molecule has 2 aromatic rings. The first-order chi connectivity index (χ1) is 7.74. The minimum atomic E-state index is -2.79. The predicted octanol–water partition coefficient (Wildman–Crippen LogP) is 3.49. The van der Waals surface area contributed by atoms with E-state index >= 15 is 0 Å². The van der Waals surface area contributed by atoms with Crippen LogP contribution < -0.4 is 10.1 Å². The molecule has 3 nitrogen and oxygen atoms in total. The third kappa shape index (κ3) is 2.90. The van der Waals surface area contributed by atoms with E-state index in [1.807, 2.05) is 5.38 Å². The minimum Gasteiger partial charge on any atom is -0.435 e. The molecule has 16 heavy (non-hydrogen) atoms. The molecule has 0 aliphatic carbocycles. The number of halogens is 2. The topological polar surface area (TPSA) is 34.1 Å². The van der Waals surface area contributed by atoms with Gasteiger partial charge >= 0.3 is 6.61 Å². The first-order valence-corrected chi connectivity index (χ1v) is 5.33. The molecule has 0 fully saturated rings. The molecule has 1 N–H and O–H groups in total.